The highest BCUT2D eigenvalue weighted by Gasteiger charge is 2.14. The Hall–Kier alpha value is -1.07. The molecule has 5 nitrogen and oxygen atoms in total. The van der Waals surface area contributed by atoms with Gasteiger partial charge in [-0.25, -0.2) is 4.79 Å². The molecule has 1 aliphatic heterocycles. The standard InChI is InChI=1S/C9H17ClO2.C8H13NO2/c1-2-3-4-5-6-7-9(11)12-8-10;1-9-5-3-4-7(6-9)8(10)11-2/h2-8H2,1H3;4H,3,5-6H2,1-2H3. The molecule has 0 bridgehead atoms. The molecule has 1 heterocycles. The first kappa shape index (κ1) is 21.9. The van der Waals surface area contributed by atoms with Crippen LogP contribution >= 0.6 is 11.6 Å². The number of alkyl halides is 1. The minimum absolute atomic E-state index is 0.0200. The van der Waals surface area contributed by atoms with Crippen LogP contribution in [-0.4, -0.2) is 50.2 Å². The maximum atomic E-state index is 11.0. The number of esters is 2. The highest BCUT2D eigenvalue weighted by atomic mass is 35.5. The molecule has 0 unspecified atom stereocenters. The largest absolute Gasteiger partial charge is 0.466 e. The lowest BCUT2D eigenvalue weighted by atomic mass is 10.1. The summed E-state index contributed by atoms with van der Waals surface area (Å²) >= 11 is 5.22. The van der Waals surface area contributed by atoms with Crippen LogP contribution in [0.4, 0.5) is 0 Å². The van der Waals surface area contributed by atoms with Crippen molar-refractivity contribution in [3.05, 3.63) is 11.6 Å². The van der Waals surface area contributed by atoms with E-state index in [0.29, 0.717) is 13.0 Å². The fourth-order valence-corrected chi connectivity index (χ4v) is 2.30. The normalized spacial score (nSPS) is 14.3. The van der Waals surface area contributed by atoms with Gasteiger partial charge in [-0.1, -0.05) is 50.3 Å². The maximum absolute atomic E-state index is 11.0. The molecule has 1 aliphatic rings. The van der Waals surface area contributed by atoms with Gasteiger partial charge in [-0.3, -0.25) is 4.79 Å². The van der Waals surface area contributed by atoms with Gasteiger partial charge >= 0.3 is 11.9 Å². The van der Waals surface area contributed by atoms with Crippen molar-refractivity contribution in [2.45, 2.75) is 51.9 Å². The predicted molar refractivity (Wildman–Crippen MR) is 92.4 cm³/mol. The Morgan fingerprint density at radius 3 is 2.52 bits per heavy atom. The van der Waals surface area contributed by atoms with Crippen molar-refractivity contribution < 1.29 is 19.1 Å². The van der Waals surface area contributed by atoms with Crippen LogP contribution < -0.4 is 0 Å². The summed E-state index contributed by atoms with van der Waals surface area (Å²) in [6, 6.07) is -0.0200. The summed E-state index contributed by atoms with van der Waals surface area (Å²) in [6.07, 6.45) is 9.14. The predicted octanol–water partition coefficient (Wildman–Crippen LogP) is 3.51. The third-order valence-electron chi connectivity index (χ3n) is 3.49. The lowest BCUT2D eigenvalue weighted by Crippen LogP contribution is -2.28. The van der Waals surface area contributed by atoms with Crippen LogP contribution in [0.2, 0.25) is 0 Å². The molecule has 0 aliphatic carbocycles. The first-order valence-corrected chi connectivity index (χ1v) is 8.76. The number of carbonyl (C=O) groups excluding carboxylic acids is 2. The Balaban J connectivity index is 0.000000422. The van der Waals surface area contributed by atoms with Crippen LogP contribution in [0.1, 0.15) is 51.9 Å². The SMILES string of the molecule is CCCCCCCC(=O)OCCl.COC(=O)C1=CCCN(C)C1. The van der Waals surface area contributed by atoms with Crippen LogP contribution in [0.3, 0.4) is 0 Å². The molecule has 0 radical (unpaired) electrons. The zero-order chi connectivity index (χ0) is 17.5. The number of hydrogen-bond acceptors (Lipinski definition) is 5. The number of carbonyl (C=O) groups is 2. The third-order valence-corrected chi connectivity index (χ3v) is 3.60. The Kier molecular flexibility index (Phi) is 13.8. The second-order valence-corrected chi connectivity index (χ2v) is 5.76. The number of ether oxygens (including phenoxy) is 2. The molecule has 1 rings (SSSR count). The van der Waals surface area contributed by atoms with Crippen LogP contribution in [0, 0.1) is 0 Å². The van der Waals surface area contributed by atoms with Crippen molar-refractivity contribution in [2.75, 3.05) is 33.3 Å². The fourth-order valence-electron chi connectivity index (χ4n) is 2.18. The molecule has 0 N–H and O–H groups in total. The molecule has 6 heteroatoms. The van der Waals surface area contributed by atoms with E-state index >= 15 is 0 Å². The van der Waals surface area contributed by atoms with Crippen LogP contribution in [0.5, 0.6) is 0 Å². The molecule has 23 heavy (non-hydrogen) atoms. The lowest BCUT2D eigenvalue weighted by molar-refractivity contribution is -0.141. The van der Waals surface area contributed by atoms with Gasteiger partial charge in [0.1, 0.15) is 0 Å². The molecule has 0 fully saturated rings. The van der Waals surface area contributed by atoms with E-state index in [1.807, 2.05) is 13.1 Å². The van der Waals surface area contributed by atoms with Crippen molar-refractivity contribution in [1.29, 1.82) is 0 Å². The number of likely N-dealkylation sites (N-methyl/N-ethyl adjacent to an activating group) is 1. The van der Waals surface area contributed by atoms with Gasteiger partial charge < -0.3 is 14.4 Å². The van der Waals surface area contributed by atoms with Crippen LogP contribution in [0.15, 0.2) is 11.6 Å². The second-order valence-electron chi connectivity index (χ2n) is 5.54. The summed E-state index contributed by atoms with van der Waals surface area (Å²) in [5.74, 6) is -0.377. The number of nitrogens with zero attached hydrogens (tertiary/aromatic N) is 1. The molecule has 0 atom stereocenters. The molecule has 0 amide bonds. The zero-order valence-electron chi connectivity index (χ0n) is 14.6. The quantitative estimate of drug-likeness (QED) is 0.382. The molecule has 0 spiro atoms. The van der Waals surface area contributed by atoms with Crippen molar-refractivity contribution >= 4 is 23.5 Å². The number of methoxy groups -OCH3 is 1. The van der Waals surface area contributed by atoms with E-state index in [1.165, 1.54) is 26.4 Å². The van der Waals surface area contributed by atoms with Gasteiger partial charge in [0.05, 0.1) is 7.11 Å². The number of unbranched alkanes of at least 4 members (excludes halogenated alkanes) is 4. The van der Waals surface area contributed by atoms with E-state index in [2.05, 4.69) is 21.3 Å². The number of rotatable bonds is 8. The summed E-state index contributed by atoms with van der Waals surface area (Å²) in [4.78, 5) is 23.9. The van der Waals surface area contributed by atoms with E-state index in [-0.39, 0.29) is 18.0 Å². The molecule has 0 saturated carbocycles. The fraction of sp³-hybridized carbons (Fsp3) is 0.765. The average Bonchev–Trinajstić information content (AvgIpc) is 2.55. The summed E-state index contributed by atoms with van der Waals surface area (Å²) in [5, 5.41) is 0. The van der Waals surface area contributed by atoms with Gasteiger partial charge in [0, 0.05) is 25.1 Å². The highest BCUT2D eigenvalue weighted by molar-refractivity contribution is 6.17. The molecule has 0 saturated heterocycles. The monoisotopic (exact) mass is 347 g/mol. The minimum Gasteiger partial charge on any atom is -0.466 e. The Morgan fingerprint density at radius 1 is 1.26 bits per heavy atom. The van der Waals surface area contributed by atoms with Gasteiger partial charge in [-0.2, -0.15) is 0 Å². The van der Waals surface area contributed by atoms with Crippen molar-refractivity contribution in [3.8, 4) is 0 Å². The zero-order valence-corrected chi connectivity index (χ0v) is 15.4. The second kappa shape index (κ2) is 14.5. The van der Waals surface area contributed by atoms with Gasteiger partial charge in [0.2, 0.25) is 0 Å². The first-order valence-electron chi connectivity index (χ1n) is 8.22. The Labute approximate surface area is 145 Å². The summed E-state index contributed by atoms with van der Waals surface area (Å²) in [6.45, 7) is 3.91. The van der Waals surface area contributed by atoms with Crippen LogP contribution in [0.25, 0.3) is 0 Å². The Bertz CT molecular complexity index is 372. The summed E-state index contributed by atoms with van der Waals surface area (Å²) < 4.78 is 9.18. The first-order chi connectivity index (χ1) is 11.0. The molecular weight excluding hydrogens is 318 g/mol. The van der Waals surface area contributed by atoms with E-state index in [0.717, 1.165) is 31.4 Å². The summed E-state index contributed by atoms with van der Waals surface area (Å²) in [7, 11) is 3.41. The summed E-state index contributed by atoms with van der Waals surface area (Å²) in [5.41, 5.74) is 0.779. The lowest BCUT2D eigenvalue weighted by Gasteiger charge is -2.21. The van der Waals surface area contributed by atoms with Crippen molar-refractivity contribution in [2.24, 2.45) is 0 Å². The van der Waals surface area contributed by atoms with E-state index in [9.17, 15) is 9.59 Å². The molecule has 0 aromatic heterocycles. The van der Waals surface area contributed by atoms with Crippen molar-refractivity contribution in [1.82, 2.24) is 4.90 Å². The highest BCUT2D eigenvalue weighted by Crippen LogP contribution is 2.08. The van der Waals surface area contributed by atoms with Gasteiger partial charge in [0.25, 0.3) is 0 Å². The smallest absolute Gasteiger partial charge is 0.334 e. The average molecular weight is 348 g/mol. The van der Waals surface area contributed by atoms with Crippen LogP contribution in [-0.2, 0) is 19.1 Å². The number of halogens is 1. The third kappa shape index (κ3) is 12.1. The van der Waals surface area contributed by atoms with E-state index in [1.54, 1.807) is 0 Å². The topological polar surface area (TPSA) is 55.8 Å². The van der Waals surface area contributed by atoms with E-state index in [4.69, 9.17) is 11.6 Å². The molecule has 0 aromatic rings. The van der Waals surface area contributed by atoms with Gasteiger partial charge in [0.15, 0.2) is 6.07 Å². The van der Waals surface area contributed by atoms with Crippen molar-refractivity contribution in [3.63, 3.8) is 0 Å². The number of hydrogen-bond donors (Lipinski definition) is 0. The molecule has 0 aromatic carbocycles. The maximum Gasteiger partial charge on any atom is 0.334 e. The minimum atomic E-state index is -0.198. The molecular formula is C17H30ClNO4. The van der Waals surface area contributed by atoms with Gasteiger partial charge in [-0.15, -0.1) is 0 Å². The molecule has 134 valence electrons. The van der Waals surface area contributed by atoms with E-state index < -0.39 is 0 Å². The van der Waals surface area contributed by atoms with Gasteiger partial charge in [-0.05, 0) is 19.9 Å². The Morgan fingerprint density at radius 2 is 1.96 bits per heavy atom.